The SMILES string of the molecule is CCOP(=O)(CC(CO)CO)OCC. The molecule has 0 unspecified atom stereocenters. The lowest BCUT2D eigenvalue weighted by Gasteiger charge is -2.20. The van der Waals surface area contributed by atoms with Crippen LogP contribution >= 0.6 is 7.60 Å². The molecule has 0 bridgehead atoms. The summed E-state index contributed by atoms with van der Waals surface area (Å²) in [6.45, 7) is 3.58. The Morgan fingerprint density at radius 3 is 1.86 bits per heavy atom. The molecule has 5 nitrogen and oxygen atoms in total. The average Bonchev–Trinajstić information content (AvgIpc) is 2.15. The summed E-state index contributed by atoms with van der Waals surface area (Å²) in [4.78, 5) is 0. The Hall–Kier alpha value is 0.0700. The van der Waals surface area contributed by atoms with E-state index in [2.05, 4.69) is 0 Å². The Kier molecular flexibility index (Phi) is 7.41. The third kappa shape index (κ3) is 5.08. The standard InChI is InChI=1S/C8H19O5P/c1-3-12-14(11,13-4-2)7-8(5-9)6-10/h8-10H,3-7H2,1-2H3. The zero-order valence-electron chi connectivity index (χ0n) is 8.68. The molecule has 0 aromatic heterocycles. The van der Waals surface area contributed by atoms with Crippen molar-refractivity contribution in [3.8, 4) is 0 Å². The van der Waals surface area contributed by atoms with Gasteiger partial charge >= 0.3 is 7.60 Å². The normalized spacial score (nSPS) is 12.4. The average molecular weight is 226 g/mol. The fourth-order valence-corrected chi connectivity index (χ4v) is 2.96. The van der Waals surface area contributed by atoms with E-state index in [0.29, 0.717) is 13.2 Å². The first-order chi connectivity index (χ1) is 6.61. The van der Waals surface area contributed by atoms with Crippen molar-refractivity contribution in [1.29, 1.82) is 0 Å². The molecule has 0 fully saturated rings. The van der Waals surface area contributed by atoms with Gasteiger partial charge in [-0.3, -0.25) is 4.57 Å². The van der Waals surface area contributed by atoms with Gasteiger partial charge in [0.1, 0.15) is 0 Å². The molecule has 0 aromatic rings. The second-order valence-corrected chi connectivity index (χ2v) is 4.96. The Balaban J connectivity index is 4.26. The molecule has 0 aromatic carbocycles. The van der Waals surface area contributed by atoms with E-state index in [4.69, 9.17) is 19.3 Å². The first kappa shape index (κ1) is 14.1. The van der Waals surface area contributed by atoms with E-state index < -0.39 is 13.5 Å². The van der Waals surface area contributed by atoms with Gasteiger partial charge in [-0.15, -0.1) is 0 Å². The van der Waals surface area contributed by atoms with Crippen molar-refractivity contribution in [2.45, 2.75) is 13.8 Å². The molecule has 0 aliphatic carbocycles. The Labute approximate surface area is 84.6 Å². The van der Waals surface area contributed by atoms with Crippen LogP contribution in [-0.4, -0.2) is 42.8 Å². The minimum Gasteiger partial charge on any atom is -0.396 e. The van der Waals surface area contributed by atoms with Crippen LogP contribution < -0.4 is 0 Å². The molecule has 2 N–H and O–H groups in total. The molecule has 0 saturated heterocycles. The minimum atomic E-state index is -3.13. The molecule has 0 spiro atoms. The zero-order valence-corrected chi connectivity index (χ0v) is 9.57. The largest absolute Gasteiger partial charge is 0.396 e. The summed E-state index contributed by atoms with van der Waals surface area (Å²) >= 11 is 0. The van der Waals surface area contributed by atoms with Crippen molar-refractivity contribution >= 4 is 7.60 Å². The molecule has 0 heterocycles. The van der Waals surface area contributed by atoms with Gasteiger partial charge in [0.05, 0.1) is 19.4 Å². The monoisotopic (exact) mass is 226 g/mol. The van der Waals surface area contributed by atoms with Crippen LogP contribution in [0.1, 0.15) is 13.8 Å². The lowest BCUT2D eigenvalue weighted by molar-refractivity contribution is 0.150. The maximum absolute atomic E-state index is 11.9. The summed E-state index contributed by atoms with van der Waals surface area (Å²) < 4.78 is 21.9. The number of aliphatic hydroxyl groups is 2. The molecule has 0 saturated carbocycles. The predicted octanol–water partition coefficient (Wildman–Crippen LogP) is 0.853. The topological polar surface area (TPSA) is 76.0 Å². The third-order valence-corrected chi connectivity index (χ3v) is 3.92. The predicted molar refractivity (Wildman–Crippen MR) is 53.4 cm³/mol. The van der Waals surface area contributed by atoms with Gasteiger partial charge in [0.2, 0.25) is 0 Å². The molecule has 0 aliphatic heterocycles. The van der Waals surface area contributed by atoms with Crippen molar-refractivity contribution in [1.82, 2.24) is 0 Å². The van der Waals surface area contributed by atoms with E-state index in [1.807, 2.05) is 0 Å². The highest BCUT2D eigenvalue weighted by Crippen LogP contribution is 2.49. The molecular formula is C8H19O5P. The van der Waals surface area contributed by atoms with Crippen LogP contribution in [0.4, 0.5) is 0 Å². The van der Waals surface area contributed by atoms with E-state index >= 15 is 0 Å². The first-order valence-corrected chi connectivity index (χ1v) is 6.44. The second-order valence-electron chi connectivity index (χ2n) is 2.86. The van der Waals surface area contributed by atoms with E-state index in [1.54, 1.807) is 13.8 Å². The van der Waals surface area contributed by atoms with Gasteiger partial charge < -0.3 is 19.3 Å². The van der Waals surface area contributed by atoms with Crippen LogP contribution in [0.25, 0.3) is 0 Å². The van der Waals surface area contributed by atoms with Gasteiger partial charge in [-0.1, -0.05) is 0 Å². The molecule has 0 atom stereocenters. The number of aliphatic hydroxyl groups excluding tert-OH is 2. The summed E-state index contributed by atoms with van der Waals surface area (Å²) in [5.74, 6) is -0.445. The molecular weight excluding hydrogens is 207 g/mol. The van der Waals surface area contributed by atoms with Gasteiger partial charge in [-0.05, 0) is 13.8 Å². The van der Waals surface area contributed by atoms with E-state index in [-0.39, 0.29) is 19.4 Å². The summed E-state index contributed by atoms with van der Waals surface area (Å²) in [5.41, 5.74) is 0. The lowest BCUT2D eigenvalue weighted by atomic mass is 10.2. The molecule has 86 valence electrons. The maximum Gasteiger partial charge on any atom is 0.331 e. The minimum absolute atomic E-state index is 0.0572. The molecule has 0 amide bonds. The van der Waals surface area contributed by atoms with Gasteiger partial charge in [0, 0.05) is 19.1 Å². The van der Waals surface area contributed by atoms with Gasteiger partial charge in [0.15, 0.2) is 0 Å². The highest BCUT2D eigenvalue weighted by atomic mass is 31.2. The van der Waals surface area contributed by atoms with E-state index in [0.717, 1.165) is 0 Å². The number of hydrogen-bond donors (Lipinski definition) is 2. The highest BCUT2D eigenvalue weighted by molar-refractivity contribution is 7.53. The summed E-state index contributed by atoms with van der Waals surface area (Å²) in [6, 6.07) is 0. The smallest absolute Gasteiger partial charge is 0.331 e. The van der Waals surface area contributed by atoms with Crippen LogP contribution in [0.5, 0.6) is 0 Å². The van der Waals surface area contributed by atoms with Crippen LogP contribution in [0.2, 0.25) is 0 Å². The fraction of sp³-hybridized carbons (Fsp3) is 1.00. The van der Waals surface area contributed by atoms with Crippen molar-refractivity contribution in [3.05, 3.63) is 0 Å². The van der Waals surface area contributed by atoms with Crippen molar-refractivity contribution in [3.63, 3.8) is 0 Å². The third-order valence-electron chi connectivity index (χ3n) is 1.65. The van der Waals surface area contributed by atoms with Crippen LogP contribution in [0, 0.1) is 5.92 Å². The first-order valence-electron chi connectivity index (χ1n) is 4.71. The summed E-state index contributed by atoms with van der Waals surface area (Å²) in [5, 5.41) is 17.7. The van der Waals surface area contributed by atoms with Gasteiger partial charge in [0.25, 0.3) is 0 Å². The van der Waals surface area contributed by atoms with Crippen LogP contribution in [0.15, 0.2) is 0 Å². The Morgan fingerprint density at radius 2 is 1.57 bits per heavy atom. The van der Waals surface area contributed by atoms with Crippen molar-refractivity contribution in [2.24, 2.45) is 5.92 Å². The Bertz CT molecular complexity index is 171. The van der Waals surface area contributed by atoms with Gasteiger partial charge in [-0.25, -0.2) is 0 Å². The quantitative estimate of drug-likeness (QED) is 0.600. The maximum atomic E-state index is 11.9. The van der Waals surface area contributed by atoms with Crippen molar-refractivity contribution < 1.29 is 23.8 Å². The molecule has 0 aliphatic rings. The van der Waals surface area contributed by atoms with Gasteiger partial charge in [-0.2, -0.15) is 0 Å². The highest BCUT2D eigenvalue weighted by Gasteiger charge is 2.27. The number of rotatable bonds is 8. The molecule has 6 heteroatoms. The molecule has 0 rings (SSSR count). The van der Waals surface area contributed by atoms with Crippen LogP contribution in [0.3, 0.4) is 0 Å². The van der Waals surface area contributed by atoms with E-state index in [1.165, 1.54) is 0 Å². The molecule has 14 heavy (non-hydrogen) atoms. The zero-order chi connectivity index (χ0) is 11.0. The summed E-state index contributed by atoms with van der Waals surface area (Å²) in [6.07, 6.45) is 0.0572. The van der Waals surface area contributed by atoms with Crippen molar-refractivity contribution in [2.75, 3.05) is 32.6 Å². The Morgan fingerprint density at radius 1 is 1.14 bits per heavy atom. The van der Waals surface area contributed by atoms with Crippen LogP contribution in [-0.2, 0) is 13.6 Å². The lowest BCUT2D eigenvalue weighted by Crippen LogP contribution is -2.17. The molecule has 0 radical (unpaired) electrons. The van der Waals surface area contributed by atoms with E-state index in [9.17, 15) is 4.57 Å². The number of hydrogen-bond acceptors (Lipinski definition) is 5. The summed E-state index contributed by atoms with van der Waals surface area (Å²) in [7, 11) is -3.13. The fourth-order valence-electron chi connectivity index (χ4n) is 1.03. The second kappa shape index (κ2) is 7.37.